The molecule has 0 saturated heterocycles. The molecule has 23 heavy (non-hydrogen) atoms. The van der Waals surface area contributed by atoms with E-state index in [0.717, 1.165) is 17.5 Å². The fourth-order valence-corrected chi connectivity index (χ4v) is 2.47. The van der Waals surface area contributed by atoms with Crippen LogP contribution in [0.2, 0.25) is 5.02 Å². The maximum Gasteiger partial charge on any atom is 0.203 e. The molecule has 0 bridgehead atoms. The topological polar surface area (TPSA) is 118 Å². The summed E-state index contributed by atoms with van der Waals surface area (Å²) in [6.45, 7) is -0.656. The number of rotatable bonds is 7. The normalized spacial score (nSPS) is 15.5. The molecule has 0 aliphatic rings. The Labute approximate surface area is 141 Å². The van der Waals surface area contributed by atoms with Crippen molar-refractivity contribution in [1.82, 2.24) is 4.98 Å². The Bertz CT molecular complexity index is 650. The average molecular weight is 358 g/mol. The van der Waals surface area contributed by atoms with E-state index in [0.29, 0.717) is 10.2 Å². The van der Waals surface area contributed by atoms with E-state index in [4.69, 9.17) is 16.7 Å². The number of nitrogens with one attached hydrogen (secondary N) is 1. The van der Waals surface area contributed by atoms with Gasteiger partial charge >= 0.3 is 0 Å². The van der Waals surface area contributed by atoms with Crippen LogP contribution in [0.4, 0.5) is 5.13 Å². The zero-order valence-corrected chi connectivity index (χ0v) is 13.4. The predicted molar refractivity (Wildman–Crippen MR) is 89.8 cm³/mol. The number of benzene rings is 1. The van der Waals surface area contributed by atoms with E-state index in [1.807, 2.05) is 17.5 Å². The van der Waals surface area contributed by atoms with E-state index >= 15 is 0 Å². The Kier molecular flexibility index (Phi) is 6.46. The summed E-state index contributed by atoms with van der Waals surface area (Å²) in [6, 6.07) is 7.24. The fourth-order valence-electron chi connectivity index (χ4n) is 1.67. The van der Waals surface area contributed by atoms with Gasteiger partial charge < -0.3 is 20.4 Å². The van der Waals surface area contributed by atoms with Crippen molar-refractivity contribution in [1.29, 1.82) is 0 Å². The van der Waals surface area contributed by atoms with Crippen LogP contribution in [0, 0.1) is 0 Å². The largest absolute Gasteiger partial charge is 0.394 e. The number of hydrazone groups is 1. The molecule has 0 aliphatic carbocycles. The standard InChI is InChI=1S/C14H16ClN3O4S/c15-9-3-1-8(2-4-9)10-7-23-14(17-10)18-16-5-11(20)13(22)12(21)6-19/h1-5,7,11-13,19-22H,6H2,(H,17,18)/b16-5-/t11-,12-,13-/m0/s1. The van der Waals surface area contributed by atoms with Crippen molar-refractivity contribution in [3.63, 3.8) is 0 Å². The lowest BCUT2D eigenvalue weighted by Crippen LogP contribution is -2.40. The van der Waals surface area contributed by atoms with Crippen LogP contribution in [-0.2, 0) is 0 Å². The van der Waals surface area contributed by atoms with Gasteiger partial charge in [-0.1, -0.05) is 23.7 Å². The van der Waals surface area contributed by atoms with Crippen molar-refractivity contribution in [3.8, 4) is 11.3 Å². The molecule has 0 amide bonds. The van der Waals surface area contributed by atoms with E-state index in [1.165, 1.54) is 11.3 Å². The third kappa shape index (κ3) is 4.96. The van der Waals surface area contributed by atoms with Crippen LogP contribution in [0.3, 0.4) is 0 Å². The minimum absolute atomic E-state index is 0.496. The molecule has 9 heteroatoms. The fraction of sp³-hybridized carbons (Fsp3) is 0.286. The first-order valence-electron chi connectivity index (χ1n) is 6.67. The van der Waals surface area contributed by atoms with Crippen LogP contribution < -0.4 is 5.43 Å². The average Bonchev–Trinajstić information content (AvgIpc) is 3.02. The zero-order valence-electron chi connectivity index (χ0n) is 11.9. The maximum absolute atomic E-state index is 9.57. The maximum atomic E-state index is 9.57. The van der Waals surface area contributed by atoms with Crippen LogP contribution >= 0.6 is 22.9 Å². The monoisotopic (exact) mass is 357 g/mol. The molecule has 0 saturated carbocycles. The van der Waals surface area contributed by atoms with Crippen LogP contribution in [0.1, 0.15) is 0 Å². The van der Waals surface area contributed by atoms with Crippen LogP contribution in [0.15, 0.2) is 34.7 Å². The Balaban J connectivity index is 1.94. The van der Waals surface area contributed by atoms with E-state index < -0.39 is 24.9 Å². The molecule has 0 spiro atoms. The number of thiazole rings is 1. The zero-order chi connectivity index (χ0) is 16.8. The van der Waals surface area contributed by atoms with Gasteiger partial charge in [-0.05, 0) is 12.1 Å². The van der Waals surface area contributed by atoms with Crippen LogP contribution in [0.5, 0.6) is 0 Å². The molecule has 1 aromatic carbocycles. The lowest BCUT2D eigenvalue weighted by Gasteiger charge is -2.17. The number of aliphatic hydroxyl groups excluding tert-OH is 4. The Hall–Kier alpha value is -1.55. The molecule has 124 valence electrons. The lowest BCUT2D eigenvalue weighted by molar-refractivity contribution is -0.0541. The van der Waals surface area contributed by atoms with Gasteiger partial charge in [-0.3, -0.25) is 5.43 Å². The number of halogens is 1. The SMILES string of the molecule is OC[C@H](O)[C@@H](O)[C@@H](O)/C=N\Nc1nc(-c2ccc(Cl)cc2)cs1. The van der Waals surface area contributed by atoms with Gasteiger partial charge in [-0.25, -0.2) is 4.98 Å². The molecule has 2 rings (SSSR count). The molecule has 1 aromatic heterocycles. The molecule has 0 radical (unpaired) electrons. The number of aliphatic hydroxyl groups is 4. The van der Waals surface area contributed by atoms with Crippen molar-refractivity contribution in [2.45, 2.75) is 18.3 Å². The highest BCUT2D eigenvalue weighted by Crippen LogP contribution is 2.25. The van der Waals surface area contributed by atoms with Crippen LogP contribution in [0.25, 0.3) is 11.3 Å². The van der Waals surface area contributed by atoms with Crippen molar-refractivity contribution >= 4 is 34.3 Å². The van der Waals surface area contributed by atoms with Gasteiger partial charge in [0.15, 0.2) is 0 Å². The highest BCUT2D eigenvalue weighted by molar-refractivity contribution is 7.14. The third-order valence-electron chi connectivity index (χ3n) is 2.96. The van der Waals surface area contributed by atoms with Gasteiger partial charge in [0.2, 0.25) is 5.13 Å². The number of hydrogen-bond acceptors (Lipinski definition) is 8. The summed E-state index contributed by atoms with van der Waals surface area (Å²) in [5.74, 6) is 0. The van der Waals surface area contributed by atoms with E-state index in [9.17, 15) is 15.3 Å². The summed E-state index contributed by atoms with van der Waals surface area (Å²) < 4.78 is 0. The summed E-state index contributed by atoms with van der Waals surface area (Å²) >= 11 is 7.15. The molecule has 0 aliphatic heterocycles. The first-order chi connectivity index (χ1) is 11.0. The second kappa shape index (κ2) is 8.34. The molecule has 3 atom stereocenters. The lowest BCUT2D eigenvalue weighted by atomic mass is 10.1. The van der Waals surface area contributed by atoms with E-state index in [1.54, 1.807) is 12.1 Å². The predicted octanol–water partition coefficient (Wildman–Crippen LogP) is 0.936. The van der Waals surface area contributed by atoms with Crippen molar-refractivity contribution < 1.29 is 20.4 Å². The Morgan fingerprint density at radius 2 is 1.96 bits per heavy atom. The number of nitrogens with zero attached hydrogens (tertiary/aromatic N) is 2. The summed E-state index contributed by atoms with van der Waals surface area (Å²) in [7, 11) is 0. The Morgan fingerprint density at radius 1 is 1.26 bits per heavy atom. The second-order valence-electron chi connectivity index (χ2n) is 4.67. The molecule has 0 fully saturated rings. The molecule has 1 heterocycles. The number of anilines is 1. The third-order valence-corrected chi connectivity index (χ3v) is 3.96. The second-order valence-corrected chi connectivity index (χ2v) is 5.96. The van der Waals surface area contributed by atoms with Gasteiger partial charge in [-0.2, -0.15) is 5.10 Å². The van der Waals surface area contributed by atoms with Crippen LogP contribution in [-0.4, -0.2) is 56.5 Å². The molecule has 7 nitrogen and oxygen atoms in total. The summed E-state index contributed by atoms with van der Waals surface area (Å²) in [5, 5.41) is 43.6. The summed E-state index contributed by atoms with van der Waals surface area (Å²) in [4.78, 5) is 4.32. The van der Waals surface area contributed by atoms with Crippen molar-refractivity contribution in [2.24, 2.45) is 5.10 Å². The molecule has 0 unspecified atom stereocenters. The Morgan fingerprint density at radius 3 is 2.61 bits per heavy atom. The summed E-state index contributed by atoms with van der Waals surface area (Å²) in [5.41, 5.74) is 4.28. The first-order valence-corrected chi connectivity index (χ1v) is 7.92. The first kappa shape index (κ1) is 17.8. The minimum Gasteiger partial charge on any atom is -0.394 e. The van der Waals surface area contributed by atoms with Crippen molar-refractivity contribution in [2.75, 3.05) is 12.0 Å². The van der Waals surface area contributed by atoms with Gasteiger partial charge in [0.05, 0.1) is 18.5 Å². The van der Waals surface area contributed by atoms with Gasteiger partial charge in [0.1, 0.15) is 18.3 Å². The highest BCUT2D eigenvalue weighted by Gasteiger charge is 2.22. The van der Waals surface area contributed by atoms with Crippen molar-refractivity contribution in [3.05, 3.63) is 34.7 Å². The molecular weight excluding hydrogens is 342 g/mol. The van der Waals surface area contributed by atoms with Gasteiger partial charge in [-0.15, -0.1) is 11.3 Å². The quantitative estimate of drug-likeness (QED) is 0.372. The highest BCUT2D eigenvalue weighted by atomic mass is 35.5. The number of aromatic nitrogens is 1. The van der Waals surface area contributed by atoms with Gasteiger partial charge in [0.25, 0.3) is 0 Å². The minimum atomic E-state index is -1.52. The van der Waals surface area contributed by atoms with Gasteiger partial charge in [0, 0.05) is 16.0 Å². The smallest absolute Gasteiger partial charge is 0.203 e. The molecule has 2 aromatic rings. The molecule has 5 N–H and O–H groups in total. The number of hydrogen-bond donors (Lipinski definition) is 5. The summed E-state index contributed by atoms with van der Waals surface area (Å²) in [6.07, 6.45) is -3.35. The van der Waals surface area contributed by atoms with E-state index in [2.05, 4.69) is 15.5 Å². The molecular formula is C14H16ClN3O4S. The van der Waals surface area contributed by atoms with E-state index in [-0.39, 0.29) is 0 Å².